The van der Waals surface area contributed by atoms with Gasteiger partial charge in [-0.25, -0.2) is 4.79 Å². The number of para-hydroxylation sites is 1. The van der Waals surface area contributed by atoms with Crippen LogP contribution in [0.25, 0.3) is 10.9 Å². The maximum atomic E-state index is 12.1. The monoisotopic (exact) mass is 317 g/mol. The number of rotatable bonds is 4. The van der Waals surface area contributed by atoms with Crippen LogP contribution in [0.1, 0.15) is 25.7 Å². The lowest BCUT2D eigenvalue weighted by Gasteiger charge is -2.26. The number of amides is 1. The van der Waals surface area contributed by atoms with E-state index in [0.717, 1.165) is 19.4 Å². The first-order chi connectivity index (χ1) is 11.1. The van der Waals surface area contributed by atoms with E-state index in [2.05, 4.69) is 4.98 Å². The third kappa shape index (κ3) is 2.99. The van der Waals surface area contributed by atoms with Gasteiger partial charge in [-0.1, -0.05) is 6.07 Å². The highest BCUT2D eigenvalue weighted by Crippen LogP contribution is 2.20. The van der Waals surface area contributed by atoms with Crippen molar-refractivity contribution in [3.05, 3.63) is 39.0 Å². The van der Waals surface area contributed by atoms with Gasteiger partial charge in [-0.2, -0.15) is 0 Å². The maximum absolute atomic E-state index is 12.1. The summed E-state index contributed by atoms with van der Waals surface area (Å²) in [5.74, 6) is 0.0533. The number of phenols is 1. The number of H-pyrrole nitrogens is 1. The number of hydrogen-bond donors (Lipinski definition) is 2. The summed E-state index contributed by atoms with van der Waals surface area (Å²) in [4.78, 5) is 39.8. The number of benzene rings is 1. The minimum absolute atomic E-state index is 0.0975. The minimum atomic E-state index is -0.547. The van der Waals surface area contributed by atoms with E-state index in [-0.39, 0.29) is 22.6 Å². The normalized spacial score (nSPS) is 15.3. The van der Waals surface area contributed by atoms with Gasteiger partial charge in [0.15, 0.2) is 0 Å². The van der Waals surface area contributed by atoms with Crippen molar-refractivity contribution < 1.29 is 9.90 Å². The van der Waals surface area contributed by atoms with E-state index >= 15 is 0 Å². The number of aromatic hydroxyl groups is 1. The number of carbonyl (C=O) groups excluding carboxylic acids is 1. The Kier molecular flexibility index (Phi) is 4.18. The lowest BCUT2D eigenvalue weighted by Crippen LogP contribution is -2.37. The standard InChI is InChI=1S/C16H19N3O4/c20-12-6-3-5-11-14(12)19(16(23)17-15(11)22)10-4-9-18-8-2-1-7-13(18)21/h3,5-6,20H,1-2,4,7-10H2,(H,17,22,23). The SMILES string of the molecule is O=C1CCCCN1CCCn1c(=O)[nH]c(=O)c2cccc(O)c21. The average Bonchev–Trinajstić information content (AvgIpc) is 2.52. The molecule has 1 amide bonds. The van der Waals surface area contributed by atoms with Crippen molar-refractivity contribution in [2.24, 2.45) is 0 Å². The molecule has 7 nitrogen and oxygen atoms in total. The van der Waals surface area contributed by atoms with Gasteiger partial charge in [0.2, 0.25) is 5.91 Å². The van der Waals surface area contributed by atoms with Crippen molar-refractivity contribution >= 4 is 16.8 Å². The Hall–Kier alpha value is -2.57. The third-order valence-electron chi connectivity index (χ3n) is 4.23. The van der Waals surface area contributed by atoms with Crippen LogP contribution < -0.4 is 11.2 Å². The lowest BCUT2D eigenvalue weighted by atomic mass is 10.1. The number of phenolic OH excluding ortho intramolecular Hbond substituents is 1. The molecule has 1 saturated heterocycles. The van der Waals surface area contributed by atoms with E-state index in [1.807, 2.05) is 4.90 Å². The number of hydrogen-bond acceptors (Lipinski definition) is 4. The predicted molar refractivity (Wildman–Crippen MR) is 85.5 cm³/mol. The molecular weight excluding hydrogens is 298 g/mol. The van der Waals surface area contributed by atoms with Crippen molar-refractivity contribution in [2.45, 2.75) is 32.2 Å². The van der Waals surface area contributed by atoms with E-state index in [0.29, 0.717) is 25.9 Å². The van der Waals surface area contributed by atoms with Crippen LogP contribution in [0.5, 0.6) is 5.75 Å². The minimum Gasteiger partial charge on any atom is -0.506 e. The Labute approximate surface area is 132 Å². The highest BCUT2D eigenvalue weighted by molar-refractivity contribution is 5.83. The first kappa shape index (κ1) is 15.3. The molecule has 0 bridgehead atoms. The van der Waals surface area contributed by atoms with Crippen LogP contribution in [0, 0.1) is 0 Å². The highest BCUT2D eigenvalue weighted by atomic mass is 16.3. The van der Waals surface area contributed by atoms with Crippen LogP contribution in [0.3, 0.4) is 0 Å². The molecule has 2 aromatic rings. The Morgan fingerprint density at radius 3 is 2.74 bits per heavy atom. The zero-order valence-corrected chi connectivity index (χ0v) is 12.7. The molecule has 0 saturated carbocycles. The molecule has 0 atom stereocenters. The number of aromatic amines is 1. The Morgan fingerprint density at radius 1 is 1.13 bits per heavy atom. The molecule has 3 rings (SSSR count). The van der Waals surface area contributed by atoms with Gasteiger partial charge in [-0.15, -0.1) is 0 Å². The van der Waals surface area contributed by atoms with Crippen LogP contribution >= 0.6 is 0 Å². The Morgan fingerprint density at radius 2 is 1.96 bits per heavy atom. The number of aryl methyl sites for hydroxylation is 1. The fourth-order valence-electron chi connectivity index (χ4n) is 3.06. The second kappa shape index (κ2) is 6.28. The number of aromatic nitrogens is 2. The van der Waals surface area contributed by atoms with E-state index in [1.54, 1.807) is 12.1 Å². The molecule has 1 aromatic heterocycles. The molecule has 2 heterocycles. The number of likely N-dealkylation sites (tertiary alicyclic amines) is 1. The summed E-state index contributed by atoms with van der Waals surface area (Å²) >= 11 is 0. The second-order valence-corrected chi connectivity index (χ2v) is 5.78. The number of piperidine rings is 1. The van der Waals surface area contributed by atoms with Crippen molar-refractivity contribution in [3.63, 3.8) is 0 Å². The number of nitrogens with zero attached hydrogens (tertiary/aromatic N) is 2. The molecule has 0 unspecified atom stereocenters. The van der Waals surface area contributed by atoms with Gasteiger partial charge in [0, 0.05) is 26.1 Å². The smallest absolute Gasteiger partial charge is 0.328 e. The fraction of sp³-hybridized carbons (Fsp3) is 0.438. The van der Waals surface area contributed by atoms with Crippen molar-refractivity contribution in [2.75, 3.05) is 13.1 Å². The Balaban J connectivity index is 1.84. The molecule has 0 radical (unpaired) electrons. The van der Waals surface area contributed by atoms with Gasteiger partial charge in [0.25, 0.3) is 5.56 Å². The highest BCUT2D eigenvalue weighted by Gasteiger charge is 2.17. The molecule has 1 aliphatic heterocycles. The molecule has 0 spiro atoms. The zero-order valence-electron chi connectivity index (χ0n) is 12.7. The topological polar surface area (TPSA) is 95.4 Å². The summed E-state index contributed by atoms with van der Waals surface area (Å²) in [5, 5.41) is 10.3. The number of fused-ring (bicyclic) bond motifs is 1. The van der Waals surface area contributed by atoms with Gasteiger partial charge in [0.1, 0.15) is 11.3 Å². The molecule has 0 aliphatic carbocycles. The van der Waals surface area contributed by atoms with Gasteiger partial charge in [-0.3, -0.25) is 19.1 Å². The largest absolute Gasteiger partial charge is 0.506 e. The number of carbonyl (C=O) groups is 1. The first-order valence-corrected chi connectivity index (χ1v) is 7.80. The number of nitrogens with one attached hydrogen (secondary N) is 1. The first-order valence-electron chi connectivity index (χ1n) is 7.80. The maximum Gasteiger partial charge on any atom is 0.328 e. The fourth-order valence-corrected chi connectivity index (χ4v) is 3.06. The molecular formula is C16H19N3O4. The molecule has 23 heavy (non-hydrogen) atoms. The average molecular weight is 317 g/mol. The molecule has 1 aromatic carbocycles. The second-order valence-electron chi connectivity index (χ2n) is 5.78. The molecule has 2 N–H and O–H groups in total. The molecule has 1 fully saturated rings. The van der Waals surface area contributed by atoms with Gasteiger partial charge in [0.05, 0.1) is 5.39 Å². The third-order valence-corrected chi connectivity index (χ3v) is 4.23. The summed E-state index contributed by atoms with van der Waals surface area (Å²) in [7, 11) is 0. The zero-order chi connectivity index (χ0) is 16.4. The van der Waals surface area contributed by atoms with Crippen LogP contribution in [0.4, 0.5) is 0 Å². The Bertz CT molecular complexity index is 853. The molecule has 7 heteroatoms. The van der Waals surface area contributed by atoms with E-state index in [1.165, 1.54) is 10.6 Å². The summed E-state index contributed by atoms with van der Waals surface area (Å²) in [6, 6.07) is 4.58. The van der Waals surface area contributed by atoms with Crippen LogP contribution in [0.2, 0.25) is 0 Å². The quantitative estimate of drug-likeness (QED) is 0.872. The van der Waals surface area contributed by atoms with Crippen LogP contribution in [0.15, 0.2) is 27.8 Å². The van der Waals surface area contributed by atoms with E-state index in [9.17, 15) is 19.5 Å². The van der Waals surface area contributed by atoms with E-state index in [4.69, 9.17) is 0 Å². The summed E-state index contributed by atoms with van der Waals surface area (Å²) < 4.78 is 1.36. The van der Waals surface area contributed by atoms with E-state index < -0.39 is 11.2 Å². The van der Waals surface area contributed by atoms with Gasteiger partial charge in [-0.05, 0) is 31.4 Å². The summed E-state index contributed by atoms with van der Waals surface area (Å²) in [5.41, 5.74) is -0.816. The lowest BCUT2D eigenvalue weighted by molar-refractivity contribution is -0.133. The van der Waals surface area contributed by atoms with Crippen molar-refractivity contribution in [1.29, 1.82) is 0 Å². The van der Waals surface area contributed by atoms with Crippen LogP contribution in [-0.2, 0) is 11.3 Å². The van der Waals surface area contributed by atoms with Crippen molar-refractivity contribution in [3.8, 4) is 5.75 Å². The molecule has 1 aliphatic rings. The van der Waals surface area contributed by atoms with Crippen LogP contribution in [-0.4, -0.2) is 38.6 Å². The molecule has 122 valence electrons. The predicted octanol–water partition coefficient (Wildman–Crippen LogP) is 0.798. The summed E-state index contributed by atoms with van der Waals surface area (Å²) in [6.45, 7) is 1.65. The van der Waals surface area contributed by atoms with Gasteiger partial charge >= 0.3 is 5.69 Å². The van der Waals surface area contributed by atoms with Crippen molar-refractivity contribution in [1.82, 2.24) is 14.5 Å². The summed E-state index contributed by atoms with van der Waals surface area (Å²) in [6.07, 6.45) is 3.12. The van der Waals surface area contributed by atoms with Gasteiger partial charge < -0.3 is 10.0 Å².